The van der Waals surface area contributed by atoms with Gasteiger partial charge in [0.1, 0.15) is 5.78 Å². The predicted octanol–water partition coefficient (Wildman–Crippen LogP) is 2.29. The number of hydrogen-bond acceptors (Lipinski definition) is 4. The molecule has 1 aromatic rings. The Morgan fingerprint density at radius 3 is 2.10 bits per heavy atom. The second kappa shape index (κ2) is 5.97. The molecule has 1 heterocycles. The molecule has 1 aliphatic heterocycles. The van der Waals surface area contributed by atoms with Crippen molar-refractivity contribution in [3.05, 3.63) is 23.8 Å². The van der Waals surface area contributed by atoms with E-state index in [1.165, 1.54) is 0 Å². The summed E-state index contributed by atoms with van der Waals surface area (Å²) < 4.78 is 28.0. The molecule has 0 amide bonds. The normalized spacial score (nSPS) is 16.0. The fourth-order valence-corrected chi connectivity index (χ4v) is 5.40. The van der Waals surface area contributed by atoms with Crippen molar-refractivity contribution in [2.75, 3.05) is 49.1 Å². The minimum absolute atomic E-state index is 0.241. The third-order valence-corrected chi connectivity index (χ3v) is 7.34. The van der Waals surface area contributed by atoms with Crippen molar-refractivity contribution >= 4 is 7.44 Å². The first-order valence-corrected chi connectivity index (χ1v) is 8.48. The van der Waals surface area contributed by atoms with E-state index >= 15 is 0 Å². The minimum atomic E-state index is -2.78. The molecular formula is C14H24N3O3P. The highest BCUT2D eigenvalue weighted by Gasteiger charge is 2.41. The highest BCUT2D eigenvalue weighted by atomic mass is 31.2. The molecule has 21 heavy (non-hydrogen) atoms. The minimum Gasteiger partial charge on any atom is -0.454 e. The number of rotatable bonds is 5. The lowest BCUT2D eigenvalue weighted by atomic mass is 10.2. The standard InChI is InChI=1S/C14H24N3O3P/c1-15(2)14(21(18,16(3)4)17(5)6)11-7-8-12-13(9-11)20-10-19-12/h7-9,14H,10H2,1-6H3. The fourth-order valence-electron chi connectivity index (χ4n) is 2.66. The van der Waals surface area contributed by atoms with Crippen molar-refractivity contribution in [2.45, 2.75) is 5.78 Å². The highest BCUT2D eigenvalue weighted by molar-refractivity contribution is 7.59. The zero-order chi connectivity index (χ0) is 15.8. The van der Waals surface area contributed by atoms with E-state index < -0.39 is 7.44 Å². The predicted molar refractivity (Wildman–Crippen MR) is 84.0 cm³/mol. The van der Waals surface area contributed by atoms with E-state index in [0.29, 0.717) is 5.75 Å². The van der Waals surface area contributed by atoms with Gasteiger partial charge in [0.25, 0.3) is 0 Å². The molecule has 1 atom stereocenters. The van der Waals surface area contributed by atoms with Crippen LogP contribution in [-0.4, -0.2) is 63.3 Å². The topological polar surface area (TPSA) is 45.3 Å². The summed E-state index contributed by atoms with van der Waals surface area (Å²) in [6, 6.07) is 5.76. The Morgan fingerprint density at radius 2 is 1.57 bits per heavy atom. The second-order valence-electron chi connectivity index (χ2n) is 5.73. The van der Waals surface area contributed by atoms with Gasteiger partial charge in [0, 0.05) is 0 Å². The molecule has 2 rings (SSSR count). The van der Waals surface area contributed by atoms with E-state index in [0.717, 1.165) is 11.3 Å². The van der Waals surface area contributed by atoms with Crippen LogP contribution in [0, 0.1) is 0 Å². The quantitative estimate of drug-likeness (QED) is 0.777. The molecule has 0 N–H and O–H groups in total. The monoisotopic (exact) mass is 313 g/mol. The third kappa shape index (κ3) is 2.81. The highest BCUT2D eigenvalue weighted by Crippen LogP contribution is 2.62. The summed E-state index contributed by atoms with van der Waals surface area (Å²) in [5, 5.41) is 0. The molecule has 0 fully saturated rings. The van der Waals surface area contributed by atoms with Gasteiger partial charge in [0.15, 0.2) is 11.5 Å². The lowest BCUT2D eigenvalue weighted by molar-refractivity contribution is 0.174. The van der Waals surface area contributed by atoms with Crippen LogP contribution in [-0.2, 0) is 4.57 Å². The molecule has 1 unspecified atom stereocenters. The van der Waals surface area contributed by atoms with Gasteiger partial charge in [-0.25, -0.2) is 9.34 Å². The molecule has 0 saturated heterocycles. The van der Waals surface area contributed by atoms with Gasteiger partial charge < -0.3 is 9.47 Å². The van der Waals surface area contributed by atoms with Crippen LogP contribution in [0.3, 0.4) is 0 Å². The fraction of sp³-hybridized carbons (Fsp3) is 0.571. The van der Waals surface area contributed by atoms with E-state index in [1.54, 1.807) is 0 Å². The van der Waals surface area contributed by atoms with Gasteiger partial charge in [0.2, 0.25) is 14.2 Å². The van der Waals surface area contributed by atoms with Crippen LogP contribution in [0.1, 0.15) is 11.3 Å². The number of fused-ring (bicyclic) bond motifs is 1. The molecule has 1 aliphatic rings. The maximum atomic E-state index is 13.6. The molecule has 0 aliphatic carbocycles. The maximum Gasteiger partial charge on any atom is 0.236 e. The summed E-state index contributed by atoms with van der Waals surface area (Å²) in [4.78, 5) is 1.98. The first-order valence-electron chi connectivity index (χ1n) is 6.79. The number of ether oxygens (including phenoxy) is 2. The summed E-state index contributed by atoms with van der Waals surface area (Å²) in [6.45, 7) is 0.241. The van der Waals surface area contributed by atoms with Crippen LogP contribution in [0.25, 0.3) is 0 Å². The summed E-state index contributed by atoms with van der Waals surface area (Å²) in [5.74, 6) is 1.20. The molecule has 0 saturated carbocycles. The largest absolute Gasteiger partial charge is 0.454 e. The van der Waals surface area contributed by atoms with Crippen LogP contribution in [0.2, 0.25) is 0 Å². The van der Waals surface area contributed by atoms with Gasteiger partial charge in [-0.15, -0.1) is 0 Å². The van der Waals surface area contributed by atoms with Crippen LogP contribution in [0.4, 0.5) is 0 Å². The molecule has 0 radical (unpaired) electrons. The van der Waals surface area contributed by atoms with E-state index in [-0.39, 0.29) is 12.6 Å². The molecule has 0 bridgehead atoms. The zero-order valence-corrected chi connectivity index (χ0v) is 14.4. The van der Waals surface area contributed by atoms with Gasteiger partial charge in [-0.2, -0.15) is 0 Å². The summed E-state index contributed by atoms with van der Waals surface area (Å²) in [6.07, 6.45) is 0. The summed E-state index contributed by atoms with van der Waals surface area (Å²) >= 11 is 0. The van der Waals surface area contributed by atoms with Gasteiger partial charge in [-0.3, -0.25) is 9.46 Å². The van der Waals surface area contributed by atoms with Crippen molar-refractivity contribution in [3.8, 4) is 11.5 Å². The van der Waals surface area contributed by atoms with Gasteiger partial charge >= 0.3 is 0 Å². The van der Waals surface area contributed by atoms with Gasteiger partial charge in [0.05, 0.1) is 0 Å². The Balaban J connectivity index is 2.51. The van der Waals surface area contributed by atoms with Gasteiger partial charge in [-0.05, 0) is 60.0 Å². The number of hydrogen-bond donors (Lipinski definition) is 0. The maximum absolute atomic E-state index is 13.6. The number of nitrogens with zero attached hydrogens (tertiary/aromatic N) is 3. The summed E-state index contributed by atoms with van der Waals surface area (Å²) in [5.41, 5.74) is 0.954. The first kappa shape index (κ1) is 16.3. The Kier molecular flexibility index (Phi) is 4.63. The third-order valence-electron chi connectivity index (χ3n) is 3.65. The average Bonchev–Trinajstić information content (AvgIpc) is 2.85. The molecule has 7 heteroatoms. The lowest BCUT2D eigenvalue weighted by Crippen LogP contribution is -2.32. The Morgan fingerprint density at radius 1 is 1.00 bits per heavy atom. The Hall–Kier alpha value is -1.07. The van der Waals surface area contributed by atoms with E-state index in [9.17, 15) is 4.57 Å². The van der Waals surface area contributed by atoms with Crippen molar-refractivity contribution in [2.24, 2.45) is 0 Å². The Labute approximate surface area is 126 Å². The molecule has 6 nitrogen and oxygen atoms in total. The van der Waals surface area contributed by atoms with Crippen LogP contribution in [0.5, 0.6) is 11.5 Å². The molecule has 1 aromatic carbocycles. The first-order chi connectivity index (χ1) is 9.78. The van der Waals surface area contributed by atoms with Crippen molar-refractivity contribution < 1.29 is 14.0 Å². The molecule has 0 aromatic heterocycles. The summed E-state index contributed by atoms with van der Waals surface area (Å²) in [7, 11) is 8.50. The zero-order valence-electron chi connectivity index (χ0n) is 13.5. The lowest BCUT2D eigenvalue weighted by Gasteiger charge is -2.40. The van der Waals surface area contributed by atoms with Crippen LogP contribution in [0.15, 0.2) is 18.2 Å². The van der Waals surface area contributed by atoms with Crippen molar-refractivity contribution in [1.29, 1.82) is 0 Å². The molecule has 118 valence electrons. The van der Waals surface area contributed by atoms with Gasteiger partial charge in [-0.1, -0.05) is 6.07 Å². The average molecular weight is 313 g/mol. The van der Waals surface area contributed by atoms with Crippen molar-refractivity contribution in [3.63, 3.8) is 0 Å². The van der Waals surface area contributed by atoms with E-state index in [4.69, 9.17) is 9.47 Å². The van der Waals surface area contributed by atoms with E-state index in [1.807, 2.05) is 74.7 Å². The Bertz CT molecular complexity index is 548. The number of benzene rings is 1. The molecular weight excluding hydrogens is 289 g/mol. The van der Waals surface area contributed by atoms with Crippen LogP contribution >= 0.6 is 7.44 Å². The van der Waals surface area contributed by atoms with Crippen molar-refractivity contribution in [1.82, 2.24) is 14.2 Å². The van der Waals surface area contributed by atoms with E-state index in [2.05, 4.69) is 0 Å². The second-order valence-corrected chi connectivity index (χ2v) is 9.00. The smallest absolute Gasteiger partial charge is 0.236 e. The van der Waals surface area contributed by atoms with Crippen LogP contribution < -0.4 is 9.47 Å². The molecule has 0 spiro atoms. The SMILES string of the molecule is CN(C)C(c1ccc2c(c1)OCO2)P(=O)(N(C)C)N(C)C.